The Morgan fingerprint density at radius 2 is 1.97 bits per heavy atom. The number of hydrogen-bond donors (Lipinski definition) is 0. The summed E-state index contributed by atoms with van der Waals surface area (Å²) in [5, 5.41) is 4.92. The Morgan fingerprint density at radius 3 is 2.72 bits per heavy atom. The summed E-state index contributed by atoms with van der Waals surface area (Å²) in [5.74, 6) is 1.32. The normalized spacial score (nSPS) is 12.4. The molecule has 2 aromatic carbocycles. The van der Waals surface area contributed by atoms with Crippen molar-refractivity contribution in [1.82, 2.24) is 14.8 Å². The lowest BCUT2D eigenvalue weighted by atomic mass is 10.1. The van der Waals surface area contributed by atoms with Crippen LogP contribution in [0.4, 0.5) is 0 Å². The summed E-state index contributed by atoms with van der Waals surface area (Å²) in [5.41, 5.74) is 0.873. The van der Waals surface area contributed by atoms with E-state index in [9.17, 15) is 4.79 Å². The van der Waals surface area contributed by atoms with Gasteiger partial charge in [0.05, 0.1) is 17.2 Å². The van der Waals surface area contributed by atoms with Crippen molar-refractivity contribution in [1.29, 1.82) is 0 Å². The minimum atomic E-state index is -0.453. The monoisotopic (exact) mass is 433 g/mol. The van der Waals surface area contributed by atoms with Gasteiger partial charge in [0, 0.05) is 10.6 Å². The molecule has 29 heavy (non-hydrogen) atoms. The number of aromatic nitrogens is 3. The molecule has 0 aliphatic carbocycles. The molecular weight excluding hydrogens is 417 g/mol. The quantitative estimate of drug-likeness (QED) is 0.579. The molecule has 0 fully saturated rings. The molecule has 0 unspecified atom stereocenters. The molecule has 1 aromatic heterocycles. The lowest BCUT2D eigenvalue weighted by Gasteiger charge is -2.07. The van der Waals surface area contributed by atoms with Gasteiger partial charge in [-0.25, -0.2) is 0 Å². The van der Waals surface area contributed by atoms with Gasteiger partial charge in [-0.2, -0.15) is 9.67 Å². The molecule has 150 valence electrons. The number of benzene rings is 2. The number of nitrogens with zero attached hydrogens (tertiary/aromatic N) is 3. The second kappa shape index (κ2) is 7.93. The highest BCUT2D eigenvalue weighted by molar-refractivity contribution is 6.36. The van der Waals surface area contributed by atoms with Crippen molar-refractivity contribution in [3.05, 3.63) is 52.0 Å². The summed E-state index contributed by atoms with van der Waals surface area (Å²) in [4.78, 5) is 17.6. The maximum absolute atomic E-state index is 13.2. The highest BCUT2D eigenvalue weighted by atomic mass is 35.5. The van der Waals surface area contributed by atoms with Gasteiger partial charge >= 0.3 is 6.01 Å². The van der Waals surface area contributed by atoms with Crippen LogP contribution in [0, 0.1) is 5.92 Å². The van der Waals surface area contributed by atoms with Crippen LogP contribution in [0.1, 0.15) is 24.2 Å². The van der Waals surface area contributed by atoms with Gasteiger partial charge in [-0.15, -0.1) is 5.10 Å². The van der Waals surface area contributed by atoms with Crippen molar-refractivity contribution in [3.63, 3.8) is 0 Å². The molecule has 0 bridgehead atoms. The van der Waals surface area contributed by atoms with Crippen molar-refractivity contribution in [2.75, 3.05) is 13.4 Å². The Morgan fingerprint density at radius 1 is 1.17 bits per heavy atom. The fourth-order valence-corrected chi connectivity index (χ4v) is 3.23. The number of carbonyl (C=O) groups is 1. The van der Waals surface area contributed by atoms with Gasteiger partial charge in [0.25, 0.3) is 5.91 Å². The molecule has 0 amide bonds. The van der Waals surface area contributed by atoms with Gasteiger partial charge in [0.15, 0.2) is 17.3 Å². The smallest absolute Gasteiger partial charge is 0.336 e. The summed E-state index contributed by atoms with van der Waals surface area (Å²) < 4.78 is 17.6. The molecule has 1 aliphatic rings. The molecule has 0 atom stereocenters. The molecule has 0 saturated heterocycles. The van der Waals surface area contributed by atoms with E-state index in [1.54, 1.807) is 30.3 Å². The lowest BCUT2D eigenvalue weighted by molar-refractivity contribution is 0.0944. The van der Waals surface area contributed by atoms with Crippen LogP contribution >= 0.6 is 23.2 Å². The van der Waals surface area contributed by atoms with Gasteiger partial charge in [0.1, 0.15) is 0 Å². The molecule has 2 heterocycles. The molecule has 0 radical (unpaired) electrons. The van der Waals surface area contributed by atoms with E-state index in [1.165, 1.54) is 10.7 Å². The fraction of sp³-hybridized carbons (Fsp3) is 0.250. The zero-order chi connectivity index (χ0) is 20.5. The Labute approximate surface area is 177 Å². The first-order valence-corrected chi connectivity index (χ1v) is 9.67. The minimum Gasteiger partial charge on any atom is -0.462 e. The number of rotatable bonds is 5. The largest absolute Gasteiger partial charge is 0.462 e. The van der Waals surface area contributed by atoms with E-state index < -0.39 is 5.91 Å². The Kier molecular flexibility index (Phi) is 5.34. The first kappa shape index (κ1) is 19.5. The lowest BCUT2D eigenvalue weighted by Crippen LogP contribution is -2.16. The number of carbonyl (C=O) groups excluding carboxylic acids is 1. The minimum absolute atomic E-state index is 0.102. The average Bonchev–Trinajstić information content (AvgIpc) is 3.32. The second-order valence-electron chi connectivity index (χ2n) is 6.83. The maximum Gasteiger partial charge on any atom is 0.336 e. The van der Waals surface area contributed by atoms with E-state index in [0.717, 1.165) is 0 Å². The SMILES string of the molecule is CC(C)COc1nc(-c2ccc3c(c2)OCO3)n(C(=O)c2ccc(Cl)cc2Cl)n1. The van der Waals surface area contributed by atoms with Crippen molar-refractivity contribution >= 4 is 29.1 Å². The van der Waals surface area contributed by atoms with E-state index in [1.807, 2.05) is 13.8 Å². The van der Waals surface area contributed by atoms with Crippen molar-refractivity contribution < 1.29 is 19.0 Å². The van der Waals surface area contributed by atoms with E-state index in [2.05, 4.69) is 10.1 Å². The summed E-state index contributed by atoms with van der Waals surface area (Å²) in [6.45, 7) is 4.58. The molecule has 9 heteroatoms. The highest BCUT2D eigenvalue weighted by Gasteiger charge is 2.24. The summed E-state index contributed by atoms with van der Waals surface area (Å²) >= 11 is 12.2. The van der Waals surface area contributed by atoms with Crippen LogP contribution in [0.15, 0.2) is 36.4 Å². The second-order valence-corrected chi connectivity index (χ2v) is 7.68. The first-order chi connectivity index (χ1) is 13.9. The predicted molar refractivity (Wildman–Crippen MR) is 108 cm³/mol. The maximum atomic E-state index is 13.2. The molecule has 1 aliphatic heterocycles. The van der Waals surface area contributed by atoms with E-state index in [4.69, 9.17) is 37.4 Å². The summed E-state index contributed by atoms with van der Waals surface area (Å²) in [7, 11) is 0. The van der Waals surface area contributed by atoms with Crippen LogP contribution in [0.25, 0.3) is 11.4 Å². The third-order valence-electron chi connectivity index (χ3n) is 4.12. The van der Waals surface area contributed by atoms with Crippen LogP contribution in [0.3, 0.4) is 0 Å². The van der Waals surface area contributed by atoms with Crippen molar-refractivity contribution in [3.8, 4) is 28.9 Å². The van der Waals surface area contributed by atoms with Crippen LogP contribution in [-0.2, 0) is 0 Å². The van der Waals surface area contributed by atoms with Gasteiger partial charge in [-0.05, 0) is 42.3 Å². The Bertz CT molecular complexity index is 1080. The number of hydrogen-bond acceptors (Lipinski definition) is 6. The van der Waals surface area contributed by atoms with Gasteiger partial charge in [0.2, 0.25) is 6.79 Å². The molecule has 4 rings (SSSR count). The van der Waals surface area contributed by atoms with E-state index in [-0.39, 0.29) is 29.3 Å². The summed E-state index contributed by atoms with van der Waals surface area (Å²) in [6.07, 6.45) is 0. The topological polar surface area (TPSA) is 75.5 Å². The standard InChI is InChI=1S/C20H17Cl2N3O4/c1-11(2)9-27-20-23-18(12-3-6-16-17(7-12)29-10-28-16)25(24-20)19(26)14-5-4-13(21)8-15(14)22/h3-8,11H,9-10H2,1-2H3. The predicted octanol–water partition coefficient (Wildman–Crippen LogP) is 4.70. The molecule has 7 nitrogen and oxygen atoms in total. The zero-order valence-corrected chi connectivity index (χ0v) is 17.2. The third kappa shape index (κ3) is 4.02. The Balaban J connectivity index is 1.78. The Hall–Kier alpha value is -2.77. The van der Waals surface area contributed by atoms with Crippen molar-refractivity contribution in [2.45, 2.75) is 13.8 Å². The molecule has 3 aromatic rings. The number of ether oxygens (including phenoxy) is 3. The summed E-state index contributed by atoms with van der Waals surface area (Å²) in [6, 6.07) is 10.0. The van der Waals surface area contributed by atoms with E-state index >= 15 is 0 Å². The van der Waals surface area contributed by atoms with Crippen LogP contribution in [0.2, 0.25) is 10.0 Å². The highest BCUT2D eigenvalue weighted by Crippen LogP contribution is 2.36. The average molecular weight is 434 g/mol. The van der Waals surface area contributed by atoms with Crippen molar-refractivity contribution in [2.24, 2.45) is 5.92 Å². The van der Waals surface area contributed by atoms with Crippen LogP contribution in [-0.4, -0.2) is 34.1 Å². The molecule has 0 spiro atoms. The zero-order valence-electron chi connectivity index (χ0n) is 15.7. The van der Waals surface area contributed by atoms with Crippen LogP contribution in [0.5, 0.6) is 17.5 Å². The molecule has 0 N–H and O–H groups in total. The van der Waals surface area contributed by atoms with Crippen LogP contribution < -0.4 is 14.2 Å². The number of fused-ring (bicyclic) bond motifs is 1. The van der Waals surface area contributed by atoms with Gasteiger partial charge in [-0.1, -0.05) is 37.0 Å². The molecule has 0 saturated carbocycles. The van der Waals surface area contributed by atoms with Gasteiger partial charge < -0.3 is 14.2 Å². The fourth-order valence-electron chi connectivity index (χ4n) is 2.74. The first-order valence-electron chi connectivity index (χ1n) is 8.92. The molecular formula is C20H17Cl2N3O4. The van der Waals surface area contributed by atoms with Gasteiger partial charge in [-0.3, -0.25) is 4.79 Å². The third-order valence-corrected chi connectivity index (χ3v) is 4.67. The van der Waals surface area contributed by atoms with E-state index in [0.29, 0.717) is 34.5 Å². The number of halogens is 2.